The number of benzene rings is 3. The maximum Gasteiger partial charge on any atom is 0.291 e. The molecule has 0 spiro atoms. The third kappa shape index (κ3) is 4.48. The van der Waals surface area contributed by atoms with Gasteiger partial charge < -0.3 is 18.8 Å². The summed E-state index contributed by atoms with van der Waals surface area (Å²) >= 11 is 0. The molecule has 4 aromatic rings. The van der Waals surface area contributed by atoms with Crippen molar-refractivity contribution in [2.45, 2.75) is 46.7 Å². The van der Waals surface area contributed by atoms with Gasteiger partial charge in [0.15, 0.2) is 16.9 Å². The molecule has 0 saturated carbocycles. The second-order valence-electron chi connectivity index (χ2n) is 9.44. The van der Waals surface area contributed by atoms with Crippen LogP contribution in [0.1, 0.15) is 64.7 Å². The number of aryl methyl sites for hydroxylation is 2. The summed E-state index contributed by atoms with van der Waals surface area (Å²) in [6, 6.07) is 18.6. The first-order valence-corrected chi connectivity index (χ1v) is 12.7. The highest BCUT2D eigenvalue weighted by Gasteiger charge is 2.43. The normalized spacial score (nSPS) is 14.8. The molecule has 190 valence electrons. The fourth-order valence-electron chi connectivity index (χ4n) is 5.06. The van der Waals surface area contributed by atoms with Crippen LogP contribution in [-0.4, -0.2) is 24.0 Å². The van der Waals surface area contributed by atoms with Crippen molar-refractivity contribution >= 4 is 16.9 Å². The summed E-state index contributed by atoms with van der Waals surface area (Å²) in [5, 5.41) is 0.489. The van der Waals surface area contributed by atoms with Gasteiger partial charge in [-0.15, -0.1) is 0 Å². The Morgan fingerprint density at radius 1 is 0.919 bits per heavy atom. The Balaban J connectivity index is 1.72. The molecule has 1 aliphatic heterocycles. The Bertz CT molecular complexity index is 1520. The summed E-state index contributed by atoms with van der Waals surface area (Å²) in [5.41, 5.74) is 4.18. The van der Waals surface area contributed by atoms with Gasteiger partial charge in [0, 0.05) is 6.54 Å². The van der Waals surface area contributed by atoms with Crippen molar-refractivity contribution in [1.82, 2.24) is 4.90 Å². The van der Waals surface area contributed by atoms with Crippen molar-refractivity contribution in [3.8, 4) is 11.5 Å². The predicted octanol–water partition coefficient (Wildman–Crippen LogP) is 6.34. The highest BCUT2D eigenvalue weighted by molar-refractivity contribution is 5.99. The standard InChI is InChI=1S/C31H31NO5/c1-5-14-36-24-13-12-22(17-25(24)35-6-2)27-26-28(33)23-16-19(3)15-20(4)29(23)37-30(26)31(34)32(27)18-21-10-8-7-9-11-21/h7-13,15-17,27H,5-6,14,18H2,1-4H3. The van der Waals surface area contributed by atoms with Crippen LogP contribution in [0.2, 0.25) is 0 Å². The number of hydrogen-bond donors (Lipinski definition) is 0. The lowest BCUT2D eigenvalue weighted by molar-refractivity contribution is 0.0714. The molecule has 1 unspecified atom stereocenters. The van der Waals surface area contributed by atoms with E-state index in [4.69, 9.17) is 13.9 Å². The summed E-state index contributed by atoms with van der Waals surface area (Å²) in [4.78, 5) is 29.5. The highest BCUT2D eigenvalue weighted by Crippen LogP contribution is 2.42. The number of ether oxygens (including phenoxy) is 2. The summed E-state index contributed by atoms with van der Waals surface area (Å²) in [6.07, 6.45) is 0.871. The van der Waals surface area contributed by atoms with E-state index >= 15 is 0 Å². The van der Waals surface area contributed by atoms with E-state index in [1.807, 2.05) is 88.4 Å². The second kappa shape index (κ2) is 10.1. The number of carbonyl (C=O) groups excluding carboxylic acids is 1. The summed E-state index contributed by atoms with van der Waals surface area (Å²) < 4.78 is 18.0. The van der Waals surface area contributed by atoms with Gasteiger partial charge in [-0.25, -0.2) is 0 Å². The molecule has 6 nitrogen and oxygen atoms in total. The zero-order chi connectivity index (χ0) is 26.1. The molecule has 1 atom stereocenters. The third-order valence-electron chi connectivity index (χ3n) is 6.64. The number of fused-ring (bicyclic) bond motifs is 2. The number of carbonyl (C=O) groups is 1. The van der Waals surface area contributed by atoms with E-state index in [-0.39, 0.29) is 17.1 Å². The van der Waals surface area contributed by atoms with Crippen LogP contribution in [0, 0.1) is 13.8 Å². The summed E-state index contributed by atoms with van der Waals surface area (Å²) in [6.45, 7) is 9.17. The van der Waals surface area contributed by atoms with E-state index in [0.29, 0.717) is 47.8 Å². The number of nitrogens with zero attached hydrogens (tertiary/aromatic N) is 1. The molecule has 1 amide bonds. The van der Waals surface area contributed by atoms with E-state index in [0.717, 1.165) is 28.7 Å². The number of amides is 1. The lowest BCUT2D eigenvalue weighted by Crippen LogP contribution is -2.29. The van der Waals surface area contributed by atoms with E-state index in [2.05, 4.69) is 0 Å². The van der Waals surface area contributed by atoms with Crippen LogP contribution >= 0.6 is 0 Å². The Morgan fingerprint density at radius 2 is 1.70 bits per heavy atom. The summed E-state index contributed by atoms with van der Waals surface area (Å²) in [7, 11) is 0. The molecule has 6 heteroatoms. The lowest BCUT2D eigenvalue weighted by atomic mass is 9.96. The molecule has 37 heavy (non-hydrogen) atoms. The quantitative estimate of drug-likeness (QED) is 0.284. The van der Waals surface area contributed by atoms with Crippen LogP contribution in [0.5, 0.6) is 11.5 Å². The zero-order valence-electron chi connectivity index (χ0n) is 21.7. The van der Waals surface area contributed by atoms with Crippen LogP contribution in [0.25, 0.3) is 11.0 Å². The largest absolute Gasteiger partial charge is 0.490 e. The average molecular weight is 498 g/mol. The molecule has 5 rings (SSSR count). The van der Waals surface area contributed by atoms with Crippen molar-refractivity contribution in [1.29, 1.82) is 0 Å². The van der Waals surface area contributed by atoms with Gasteiger partial charge in [-0.2, -0.15) is 0 Å². The molecule has 0 bridgehead atoms. The first-order chi connectivity index (χ1) is 17.9. The van der Waals surface area contributed by atoms with Gasteiger partial charge in [-0.3, -0.25) is 9.59 Å². The minimum atomic E-state index is -0.622. The van der Waals surface area contributed by atoms with Gasteiger partial charge >= 0.3 is 0 Å². The second-order valence-corrected chi connectivity index (χ2v) is 9.44. The predicted molar refractivity (Wildman–Crippen MR) is 144 cm³/mol. The molecule has 0 radical (unpaired) electrons. The van der Waals surface area contributed by atoms with Crippen molar-refractivity contribution in [2.75, 3.05) is 13.2 Å². The van der Waals surface area contributed by atoms with Crippen molar-refractivity contribution in [3.63, 3.8) is 0 Å². The summed E-state index contributed by atoms with van der Waals surface area (Å²) in [5.74, 6) is 1.04. The molecule has 1 aliphatic rings. The SMILES string of the molecule is CCCOc1ccc(C2c3c(oc4c(C)cc(C)cc4c3=O)C(=O)N2Cc2ccccc2)cc1OCC. The van der Waals surface area contributed by atoms with Crippen LogP contribution in [0.4, 0.5) is 0 Å². The highest BCUT2D eigenvalue weighted by atomic mass is 16.5. The fraction of sp³-hybridized carbons (Fsp3) is 0.290. The van der Waals surface area contributed by atoms with Gasteiger partial charge in [0.2, 0.25) is 5.76 Å². The average Bonchev–Trinajstić information content (AvgIpc) is 3.16. The van der Waals surface area contributed by atoms with Gasteiger partial charge in [0.25, 0.3) is 5.91 Å². The first-order valence-electron chi connectivity index (χ1n) is 12.7. The van der Waals surface area contributed by atoms with Crippen LogP contribution in [-0.2, 0) is 6.54 Å². The van der Waals surface area contributed by atoms with E-state index in [1.165, 1.54) is 0 Å². The Kier molecular flexibility index (Phi) is 6.74. The van der Waals surface area contributed by atoms with Crippen LogP contribution in [0.3, 0.4) is 0 Å². The third-order valence-corrected chi connectivity index (χ3v) is 6.64. The number of rotatable bonds is 8. The Hall–Kier alpha value is -4.06. The molecule has 3 aromatic carbocycles. The lowest BCUT2D eigenvalue weighted by Gasteiger charge is -2.26. The minimum Gasteiger partial charge on any atom is -0.490 e. The molecular weight excluding hydrogens is 466 g/mol. The molecule has 0 fully saturated rings. The topological polar surface area (TPSA) is 69.0 Å². The molecule has 0 N–H and O–H groups in total. The smallest absolute Gasteiger partial charge is 0.291 e. The molecular formula is C31H31NO5. The first kappa shape index (κ1) is 24.6. The molecule has 1 aromatic heterocycles. The maximum absolute atomic E-state index is 14.0. The Morgan fingerprint density at radius 3 is 2.43 bits per heavy atom. The monoisotopic (exact) mass is 497 g/mol. The van der Waals surface area contributed by atoms with Crippen molar-refractivity contribution in [3.05, 3.63) is 104 Å². The van der Waals surface area contributed by atoms with Crippen LogP contribution < -0.4 is 14.9 Å². The van der Waals surface area contributed by atoms with Gasteiger partial charge in [0.1, 0.15) is 5.58 Å². The zero-order valence-corrected chi connectivity index (χ0v) is 21.7. The van der Waals surface area contributed by atoms with Gasteiger partial charge in [0.05, 0.1) is 30.2 Å². The van der Waals surface area contributed by atoms with Gasteiger partial charge in [-0.05, 0) is 67.6 Å². The Labute approximate surface area is 216 Å². The van der Waals surface area contributed by atoms with E-state index in [9.17, 15) is 9.59 Å². The molecule has 2 heterocycles. The maximum atomic E-state index is 14.0. The minimum absolute atomic E-state index is 0.106. The molecule has 0 saturated heterocycles. The van der Waals surface area contributed by atoms with Crippen molar-refractivity contribution in [2.24, 2.45) is 0 Å². The fourth-order valence-corrected chi connectivity index (χ4v) is 5.06. The molecule has 0 aliphatic carbocycles. The number of hydrogen-bond acceptors (Lipinski definition) is 5. The van der Waals surface area contributed by atoms with Gasteiger partial charge in [-0.1, -0.05) is 49.4 Å². The van der Waals surface area contributed by atoms with Crippen molar-refractivity contribution < 1.29 is 18.7 Å². The van der Waals surface area contributed by atoms with Crippen LogP contribution in [0.15, 0.2) is 69.9 Å². The van der Waals surface area contributed by atoms with E-state index in [1.54, 1.807) is 4.90 Å². The van der Waals surface area contributed by atoms with E-state index < -0.39 is 6.04 Å².